The first kappa shape index (κ1) is 19.3. The van der Waals surface area contributed by atoms with Crippen LogP contribution in [-0.2, 0) is 24.1 Å². The predicted molar refractivity (Wildman–Crippen MR) is 103 cm³/mol. The number of aromatic carboxylic acids is 1. The summed E-state index contributed by atoms with van der Waals surface area (Å²) in [5.74, 6) is -0.293. The van der Waals surface area contributed by atoms with E-state index in [4.69, 9.17) is 4.74 Å². The summed E-state index contributed by atoms with van der Waals surface area (Å²) in [6, 6.07) is 0. The lowest BCUT2D eigenvalue weighted by atomic mass is 9.73. The van der Waals surface area contributed by atoms with Crippen LogP contribution in [0.1, 0.15) is 53.9 Å². The maximum atomic E-state index is 11.7. The van der Waals surface area contributed by atoms with Crippen LogP contribution in [0.15, 0.2) is 0 Å². The molecule has 2 aromatic heterocycles. The minimum Gasteiger partial charge on any atom is -0.476 e. The van der Waals surface area contributed by atoms with Crippen LogP contribution < -0.4 is 0 Å². The van der Waals surface area contributed by atoms with Crippen molar-refractivity contribution >= 4 is 22.3 Å². The van der Waals surface area contributed by atoms with Crippen molar-refractivity contribution in [3.63, 3.8) is 0 Å². The molecule has 0 aromatic carbocycles. The van der Waals surface area contributed by atoms with E-state index in [9.17, 15) is 9.90 Å². The monoisotopic (exact) mass is 379 g/mol. The summed E-state index contributed by atoms with van der Waals surface area (Å²) in [6.45, 7) is 8.84. The van der Waals surface area contributed by atoms with Crippen molar-refractivity contribution in [3.8, 4) is 0 Å². The van der Waals surface area contributed by atoms with Crippen LogP contribution in [0.4, 0.5) is 0 Å². The van der Waals surface area contributed by atoms with Gasteiger partial charge in [-0.15, -0.1) is 11.3 Å². The Hall–Kier alpha value is -1.44. The van der Waals surface area contributed by atoms with Gasteiger partial charge in [0.25, 0.3) is 0 Å². The lowest BCUT2D eigenvalue weighted by Crippen LogP contribution is -2.27. The number of nitrogens with zero attached hydrogens (tertiary/aromatic N) is 3. The normalized spacial score (nSPS) is 17.8. The number of carboxylic acids is 1. The average Bonchev–Trinajstić information content (AvgIpc) is 3.08. The van der Waals surface area contributed by atoms with Crippen LogP contribution in [0.5, 0.6) is 0 Å². The molecule has 7 heteroatoms. The summed E-state index contributed by atoms with van der Waals surface area (Å²) in [5, 5.41) is 9.61. The fourth-order valence-corrected chi connectivity index (χ4v) is 5.02. The molecule has 1 N–H and O–H groups in total. The highest BCUT2D eigenvalue weighted by Gasteiger charge is 2.33. The first-order valence-corrected chi connectivity index (χ1v) is 9.96. The first-order chi connectivity index (χ1) is 12.2. The van der Waals surface area contributed by atoms with Crippen molar-refractivity contribution in [1.29, 1.82) is 0 Å². The Bertz CT molecular complexity index is 803. The molecule has 1 atom stereocenters. The number of hydrogen-bond acceptors (Lipinski definition) is 5. The lowest BCUT2D eigenvalue weighted by molar-refractivity contribution is 0.0688. The van der Waals surface area contributed by atoms with Crippen molar-refractivity contribution in [3.05, 3.63) is 22.0 Å². The average molecular weight is 380 g/mol. The molecule has 2 heterocycles. The molecule has 0 fully saturated rings. The largest absolute Gasteiger partial charge is 0.476 e. The molecular weight excluding hydrogens is 350 g/mol. The third-order valence-electron chi connectivity index (χ3n) is 5.43. The van der Waals surface area contributed by atoms with Gasteiger partial charge in [-0.3, -0.25) is 9.30 Å². The van der Waals surface area contributed by atoms with E-state index in [-0.39, 0.29) is 5.69 Å². The highest BCUT2D eigenvalue weighted by atomic mass is 32.1. The van der Waals surface area contributed by atoms with E-state index in [1.165, 1.54) is 10.6 Å². The second kappa shape index (κ2) is 7.29. The molecule has 26 heavy (non-hydrogen) atoms. The van der Waals surface area contributed by atoms with Gasteiger partial charge in [0.2, 0.25) is 0 Å². The molecule has 0 aliphatic heterocycles. The topological polar surface area (TPSA) is 67.1 Å². The van der Waals surface area contributed by atoms with Crippen molar-refractivity contribution < 1.29 is 14.6 Å². The molecule has 3 rings (SSSR count). The molecule has 144 valence electrons. The molecule has 0 spiro atoms. The standard InChI is InChI=1S/C19H29N3O3S/c1-19(2,3)12-6-7-13-15(10-12)26-18-20-16(17(23)24)14(22(13)18)11-21(4)8-9-25-5/h12H,6-11H2,1-5H3,(H,23,24). The van der Waals surface area contributed by atoms with Gasteiger partial charge in [-0.1, -0.05) is 20.8 Å². The number of imidazole rings is 1. The number of carbonyl (C=O) groups is 1. The molecule has 0 saturated heterocycles. The van der Waals surface area contributed by atoms with E-state index in [0.717, 1.165) is 36.5 Å². The number of methoxy groups -OCH3 is 1. The van der Waals surface area contributed by atoms with Crippen LogP contribution in [-0.4, -0.2) is 52.7 Å². The third-order valence-corrected chi connectivity index (χ3v) is 6.54. The van der Waals surface area contributed by atoms with Crippen molar-refractivity contribution in [1.82, 2.24) is 14.3 Å². The van der Waals surface area contributed by atoms with Crippen LogP contribution >= 0.6 is 11.3 Å². The molecular formula is C19H29N3O3S. The fourth-order valence-electron chi connectivity index (χ4n) is 3.76. The Morgan fingerprint density at radius 3 is 2.81 bits per heavy atom. The number of hydrogen-bond donors (Lipinski definition) is 1. The summed E-state index contributed by atoms with van der Waals surface area (Å²) < 4.78 is 7.25. The van der Waals surface area contributed by atoms with E-state index in [2.05, 4.69) is 35.1 Å². The molecule has 6 nitrogen and oxygen atoms in total. The summed E-state index contributed by atoms with van der Waals surface area (Å²) in [4.78, 5) is 20.5. The highest BCUT2D eigenvalue weighted by molar-refractivity contribution is 7.17. The quantitative estimate of drug-likeness (QED) is 0.834. The molecule has 1 aliphatic carbocycles. The minimum absolute atomic E-state index is 0.182. The second-order valence-corrected chi connectivity index (χ2v) is 9.40. The zero-order valence-corrected chi connectivity index (χ0v) is 17.2. The smallest absolute Gasteiger partial charge is 0.356 e. The SMILES string of the molecule is COCCN(C)Cc1c(C(=O)O)nc2sc3c(n12)CCC(C(C)(C)C)C3. The Morgan fingerprint density at radius 1 is 1.46 bits per heavy atom. The van der Waals surface area contributed by atoms with E-state index in [0.29, 0.717) is 24.5 Å². The number of likely N-dealkylation sites (N-methyl/N-ethyl adjacent to an activating group) is 1. The van der Waals surface area contributed by atoms with Gasteiger partial charge in [-0.2, -0.15) is 0 Å². The molecule has 0 bridgehead atoms. The van der Waals surface area contributed by atoms with Gasteiger partial charge in [0.15, 0.2) is 10.7 Å². The number of rotatable bonds is 6. The number of ether oxygens (including phenoxy) is 1. The summed E-state index contributed by atoms with van der Waals surface area (Å²) in [6.07, 6.45) is 3.19. The maximum Gasteiger partial charge on any atom is 0.356 e. The van der Waals surface area contributed by atoms with E-state index in [1.807, 2.05) is 7.05 Å². The van der Waals surface area contributed by atoms with Crippen molar-refractivity contribution in [2.45, 2.75) is 46.6 Å². The first-order valence-electron chi connectivity index (χ1n) is 9.15. The third kappa shape index (κ3) is 3.66. The zero-order chi connectivity index (χ0) is 19.1. The van der Waals surface area contributed by atoms with E-state index >= 15 is 0 Å². The van der Waals surface area contributed by atoms with Crippen LogP contribution in [0, 0.1) is 11.3 Å². The van der Waals surface area contributed by atoms with Gasteiger partial charge in [-0.25, -0.2) is 9.78 Å². The van der Waals surface area contributed by atoms with Gasteiger partial charge >= 0.3 is 5.97 Å². The lowest BCUT2D eigenvalue weighted by Gasteiger charge is -2.33. The van der Waals surface area contributed by atoms with E-state index < -0.39 is 5.97 Å². The molecule has 2 aromatic rings. The zero-order valence-electron chi connectivity index (χ0n) is 16.3. The summed E-state index contributed by atoms with van der Waals surface area (Å²) in [5.41, 5.74) is 2.53. The molecule has 1 unspecified atom stereocenters. The van der Waals surface area contributed by atoms with Crippen molar-refractivity contribution in [2.75, 3.05) is 27.3 Å². The fraction of sp³-hybridized carbons (Fsp3) is 0.684. The maximum absolute atomic E-state index is 11.7. The van der Waals surface area contributed by atoms with Gasteiger partial charge in [-0.05, 0) is 37.6 Å². The number of aromatic nitrogens is 2. The second-order valence-electron chi connectivity index (χ2n) is 8.34. The highest BCUT2D eigenvalue weighted by Crippen LogP contribution is 2.41. The Balaban J connectivity index is 1.99. The molecule has 1 aliphatic rings. The minimum atomic E-state index is -0.951. The van der Waals surface area contributed by atoms with Crippen LogP contribution in [0.25, 0.3) is 4.96 Å². The van der Waals surface area contributed by atoms with Crippen LogP contribution in [0.2, 0.25) is 0 Å². The molecule has 0 saturated carbocycles. The number of thiazole rings is 1. The molecule has 0 radical (unpaired) electrons. The predicted octanol–water partition coefficient (Wildman–Crippen LogP) is 3.32. The van der Waals surface area contributed by atoms with Crippen LogP contribution in [0.3, 0.4) is 0 Å². The van der Waals surface area contributed by atoms with Gasteiger partial charge in [0.05, 0.1) is 12.3 Å². The Kier molecular flexibility index (Phi) is 5.42. The van der Waals surface area contributed by atoms with Gasteiger partial charge in [0.1, 0.15) is 0 Å². The van der Waals surface area contributed by atoms with E-state index in [1.54, 1.807) is 18.4 Å². The molecule has 0 amide bonds. The summed E-state index contributed by atoms with van der Waals surface area (Å²) in [7, 11) is 3.66. The number of aryl methyl sites for hydroxylation is 1. The Labute approximate surface area is 158 Å². The van der Waals surface area contributed by atoms with Gasteiger partial charge in [0, 0.05) is 30.8 Å². The summed E-state index contributed by atoms with van der Waals surface area (Å²) >= 11 is 1.66. The van der Waals surface area contributed by atoms with Gasteiger partial charge < -0.3 is 9.84 Å². The Morgan fingerprint density at radius 2 is 2.19 bits per heavy atom. The number of carboxylic acid groups (broad SMARTS) is 1. The number of fused-ring (bicyclic) bond motifs is 3. The van der Waals surface area contributed by atoms with Crippen molar-refractivity contribution in [2.24, 2.45) is 11.3 Å².